The highest BCUT2D eigenvalue weighted by Crippen LogP contribution is 2.20. The van der Waals surface area contributed by atoms with Crippen molar-refractivity contribution in [3.05, 3.63) is 70.0 Å². The first kappa shape index (κ1) is 27.2. The van der Waals surface area contributed by atoms with Crippen molar-refractivity contribution < 1.29 is 14.3 Å². The molecule has 0 fully saturated rings. The monoisotopic (exact) mass is 510 g/mol. The zero-order valence-electron chi connectivity index (χ0n) is 21.3. The van der Waals surface area contributed by atoms with E-state index in [2.05, 4.69) is 29.0 Å². The van der Waals surface area contributed by atoms with Crippen molar-refractivity contribution in [3.8, 4) is 5.75 Å². The first-order chi connectivity index (χ1) is 17.4. The Bertz CT molecular complexity index is 1260. The van der Waals surface area contributed by atoms with E-state index in [1.165, 1.54) is 7.11 Å². The van der Waals surface area contributed by atoms with Gasteiger partial charge in [0, 0.05) is 23.0 Å². The summed E-state index contributed by atoms with van der Waals surface area (Å²) in [6.07, 6.45) is 0.863. The van der Waals surface area contributed by atoms with E-state index in [0.717, 1.165) is 37.0 Å². The molecular weight excluding hydrogens is 476 g/mol. The van der Waals surface area contributed by atoms with Crippen LogP contribution < -0.4 is 15.6 Å². The van der Waals surface area contributed by atoms with Crippen molar-refractivity contribution in [3.63, 3.8) is 0 Å². The van der Waals surface area contributed by atoms with Crippen LogP contribution in [0.2, 0.25) is 0 Å². The number of carbonyl (C=O) groups excluding carboxylic acids is 1. The predicted molar refractivity (Wildman–Crippen MR) is 148 cm³/mol. The second kappa shape index (κ2) is 13.0. The van der Waals surface area contributed by atoms with Crippen molar-refractivity contribution in [2.75, 3.05) is 45.7 Å². The number of hydrogen-bond donors (Lipinski definition) is 2. The molecule has 1 heterocycles. The molecule has 9 heteroatoms. The number of fused-ring (bicyclic) bond motifs is 1. The Morgan fingerprint density at radius 1 is 1.06 bits per heavy atom. The van der Waals surface area contributed by atoms with Gasteiger partial charge in [-0.15, -0.1) is 0 Å². The van der Waals surface area contributed by atoms with E-state index in [0.29, 0.717) is 40.8 Å². The molecule has 0 aliphatic rings. The molecule has 8 nitrogen and oxygen atoms in total. The Labute approximate surface area is 217 Å². The average Bonchev–Trinajstić information content (AvgIpc) is 2.90. The molecule has 0 atom stereocenters. The van der Waals surface area contributed by atoms with Crippen LogP contribution >= 0.6 is 12.2 Å². The van der Waals surface area contributed by atoms with Gasteiger partial charge in [0.05, 0.1) is 32.0 Å². The van der Waals surface area contributed by atoms with Crippen LogP contribution in [0.3, 0.4) is 0 Å². The molecular formula is C27H34N4O4S. The number of carbonyl (C=O) groups is 1. The maximum Gasteiger partial charge on any atom is 0.339 e. The number of para-hydroxylation sites is 1. The van der Waals surface area contributed by atoms with Crippen LogP contribution in [0.15, 0.2) is 53.3 Å². The van der Waals surface area contributed by atoms with Crippen LogP contribution in [-0.2, 0) is 11.3 Å². The second-order valence-corrected chi connectivity index (χ2v) is 8.73. The molecule has 2 aromatic carbocycles. The van der Waals surface area contributed by atoms with Crippen LogP contribution in [0.4, 0.5) is 5.69 Å². The number of methoxy groups -OCH3 is 2. The van der Waals surface area contributed by atoms with Crippen LogP contribution in [0.25, 0.3) is 10.9 Å². The minimum absolute atomic E-state index is 0.167. The SMILES string of the molecule is CCN(CC)CCCN(Cc1cc2cc(OC)ccc2[nH]c1=O)C(=S)Nc1ccccc1C(=O)OC. The number of esters is 1. The highest BCUT2D eigenvalue weighted by molar-refractivity contribution is 7.80. The van der Waals surface area contributed by atoms with Gasteiger partial charge in [-0.25, -0.2) is 4.79 Å². The Kier molecular flexibility index (Phi) is 9.84. The van der Waals surface area contributed by atoms with Crippen LogP contribution in [0, 0.1) is 0 Å². The summed E-state index contributed by atoms with van der Waals surface area (Å²) in [4.78, 5) is 32.4. The van der Waals surface area contributed by atoms with Crippen molar-refractivity contribution in [2.45, 2.75) is 26.8 Å². The summed E-state index contributed by atoms with van der Waals surface area (Å²) >= 11 is 5.77. The fourth-order valence-corrected chi connectivity index (χ4v) is 4.30. The summed E-state index contributed by atoms with van der Waals surface area (Å²) in [5, 5.41) is 4.50. The molecule has 0 saturated carbocycles. The summed E-state index contributed by atoms with van der Waals surface area (Å²) in [5.74, 6) is 0.266. The zero-order valence-corrected chi connectivity index (χ0v) is 22.1. The summed E-state index contributed by atoms with van der Waals surface area (Å²) < 4.78 is 10.2. The van der Waals surface area contributed by atoms with Crippen molar-refractivity contribution >= 4 is 39.9 Å². The lowest BCUT2D eigenvalue weighted by Crippen LogP contribution is -2.38. The number of hydrogen-bond acceptors (Lipinski definition) is 6. The van der Waals surface area contributed by atoms with Crippen molar-refractivity contribution in [2.24, 2.45) is 0 Å². The first-order valence-electron chi connectivity index (χ1n) is 12.1. The number of nitrogens with one attached hydrogen (secondary N) is 2. The topological polar surface area (TPSA) is 86.9 Å². The van der Waals surface area contributed by atoms with Gasteiger partial charge >= 0.3 is 5.97 Å². The maximum absolute atomic E-state index is 12.9. The summed E-state index contributed by atoms with van der Waals surface area (Å²) in [6, 6.07) is 14.5. The number of rotatable bonds is 11. The lowest BCUT2D eigenvalue weighted by molar-refractivity contribution is 0.0602. The van der Waals surface area contributed by atoms with Crippen LogP contribution in [0.1, 0.15) is 36.2 Å². The predicted octanol–water partition coefficient (Wildman–Crippen LogP) is 4.25. The second-order valence-electron chi connectivity index (χ2n) is 8.35. The van der Waals surface area contributed by atoms with Gasteiger partial charge in [-0.2, -0.15) is 0 Å². The van der Waals surface area contributed by atoms with Gasteiger partial charge in [0.15, 0.2) is 5.11 Å². The Morgan fingerprint density at radius 2 is 1.81 bits per heavy atom. The van der Waals surface area contributed by atoms with Crippen LogP contribution in [-0.4, -0.2) is 66.3 Å². The maximum atomic E-state index is 12.9. The molecule has 2 N–H and O–H groups in total. The van der Waals surface area contributed by atoms with Gasteiger partial charge in [-0.1, -0.05) is 26.0 Å². The summed E-state index contributed by atoms with van der Waals surface area (Å²) in [6.45, 7) is 8.08. The number of H-pyrrole nitrogens is 1. The molecule has 0 aliphatic carbocycles. The molecule has 0 bridgehead atoms. The van der Waals surface area contributed by atoms with Gasteiger partial charge in [-0.05, 0) is 74.7 Å². The van der Waals surface area contributed by atoms with Crippen molar-refractivity contribution in [1.29, 1.82) is 0 Å². The molecule has 0 amide bonds. The normalized spacial score (nSPS) is 10.9. The van der Waals surface area contributed by atoms with Gasteiger partial charge in [0.25, 0.3) is 5.56 Å². The lowest BCUT2D eigenvalue weighted by atomic mass is 10.1. The van der Waals surface area contributed by atoms with Gasteiger partial charge < -0.3 is 29.6 Å². The zero-order chi connectivity index (χ0) is 26.1. The molecule has 192 valence electrons. The minimum Gasteiger partial charge on any atom is -0.497 e. The van der Waals surface area contributed by atoms with Gasteiger partial charge in [-0.3, -0.25) is 4.79 Å². The van der Waals surface area contributed by atoms with E-state index in [1.54, 1.807) is 25.3 Å². The molecule has 0 radical (unpaired) electrons. The number of pyridine rings is 1. The lowest BCUT2D eigenvalue weighted by Gasteiger charge is -2.27. The Morgan fingerprint density at radius 3 is 2.50 bits per heavy atom. The van der Waals surface area contributed by atoms with E-state index < -0.39 is 5.97 Å². The largest absolute Gasteiger partial charge is 0.497 e. The first-order valence-corrected chi connectivity index (χ1v) is 12.5. The number of ether oxygens (including phenoxy) is 2. The Balaban J connectivity index is 1.88. The molecule has 0 spiro atoms. The van der Waals surface area contributed by atoms with E-state index in [1.807, 2.05) is 35.2 Å². The minimum atomic E-state index is -0.450. The third-order valence-electron chi connectivity index (χ3n) is 6.15. The number of thiocarbonyl (C=S) groups is 1. The van der Waals surface area contributed by atoms with E-state index >= 15 is 0 Å². The smallest absolute Gasteiger partial charge is 0.339 e. The third-order valence-corrected chi connectivity index (χ3v) is 6.51. The van der Waals surface area contributed by atoms with Crippen LogP contribution in [0.5, 0.6) is 5.75 Å². The Hall–Kier alpha value is -3.43. The highest BCUT2D eigenvalue weighted by Gasteiger charge is 2.17. The standard InChI is InChI=1S/C27H34N4O4S/c1-5-30(6-2)14-9-15-31(27(36)29-24-11-8-7-10-22(24)26(33)35-4)18-20-16-19-17-21(34-3)12-13-23(19)28-25(20)32/h7-8,10-13,16-17H,5-6,9,14-15,18H2,1-4H3,(H,28,32)(H,29,36). The molecule has 0 aliphatic heterocycles. The molecule has 3 aromatic rings. The fourth-order valence-electron chi connectivity index (χ4n) is 4.03. The number of aromatic nitrogens is 1. The van der Waals surface area contributed by atoms with E-state index in [9.17, 15) is 9.59 Å². The summed E-state index contributed by atoms with van der Waals surface area (Å²) in [7, 11) is 2.96. The third kappa shape index (κ3) is 6.83. The fraction of sp³-hybridized carbons (Fsp3) is 0.370. The van der Waals surface area contributed by atoms with E-state index in [4.69, 9.17) is 21.7 Å². The van der Waals surface area contributed by atoms with Gasteiger partial charge in [0.2, 0.25) is 0 Å². The molecule has 3 rings (SSSR count). The van der Waals surface area contributed by atoms with Crippen molar-refractivity contribution in [1.82, 2.24) is 14.8 Å². The summed E-state index contributed by atoms with van der Waals surface area (Å²) in [5.41, 5.74) is 2.11. The average molecular weight is 511 g/mol. The number of nitrogens with zero attached hydrogens (tertiary/aromatic N) is 2. The molecule has 0 unspecified atom stereocenters. The van der Waals surface area contributed by atoms with E-state index in [-0.39, 0.29) is 5.56 Å². The van der Waals surface area contributed by atoms with Gasteiger partial charge in [0.1, 0.15) is 5.75 Å². The highest BCUT2D eigenvalue weighted by atomic mass is 32.1. The molecule has 0 saturated heterocycles. The molecule has 36 heavy (non-hydrogen) atoms. The molecule has 1 aromatic heterocycles. The number of aromatic amines is 1. The number of anilines is 1. The quantitative estimate of drug-likeness (QED) is 0.292. The number of benzene rings is 2.